The van der Waals surface area contributed by atoms with Gasteiger partial charge in [0.2, 0.25) is 0 Å². The molecule has 2 aromatic rings. The van der Waals surface area contributed by atoms with E-state index in [0.717, 1.165) is 11.1 Å². The van der Waals surface area contributed by atoms with Crippen LogP contribution < -0.4 is 29.6 Å². The van der Waals surface area contributed by atoms with Gasteiger partial charge in [-0.25, -0.2) is 0 Å². The van der Waals surface area contributed by atoms with Gasteiger partial charge in [0, 0.05) is 13.1 Å². The molecule has 8 nitrogen and oxygen atoms in total. The summed E-state index contributed by atoms with van der Waals surface area (Å²) in [6, 6.07) is 11.0. The minimum absolute atomic E-state index is 0.113. The first-order chi connectivity index (χ1) is 14.9. The summed E-state index contributed by atoms with van der Waals surface area (Å²) in [5.41, 5.74) is 2.08. The summed E-state index contributed by atoms with van der Waals surface area (Å²) in [6.07, 6.45) is 0.583. The van der Waals surface area contributed by atoms with Crippen LogP contribution in [0.1, 0.15) is 17.5 Å². The molecule has 168 valence electrons. The SMILES string of the molecule is COc1cc(C)ccc1OCC(=O)NCCCNC(=O)COc1ccc(C)cc1OC. The summed E-state index contributed by atoms with van der Waals surface area (Å²) < 4.78 is 21.5. The predicted octanol–water partition coefficient (Wildman–Crippen LogP) is 2.40. The van der Waals surface area contributed by atoms with Crippen LogP contribution in [-0.2, 0) is 9.59 Å². The number of rotatable bonds is 12. The van der Waals surface area contributed by atoms with Crippen LogP contribution in [0.25, 0.3) is 0 Å². The molecule has 0 saturated carbocycles. The fourth-order valence-corrected chi connectivity index (χ4v) is 2.72. The van der Waals surface area contributed by atoms with Crippen molar-refractivity contribution in [2.75, 3.05) is 40.5 Å². The molecule has 31 heavy (non-hydrogen) atoms. The quantitative estimate of drug-likeness (QED) is 0.502. The van der Waals surface area contributed by atoms with Gasteiger partial charge in [-0.05, 0) is 55.7 Å². The topological polar surface area (TPSA) is 95.1 Å². The maximum Gasteiger partial charge on any atom is 0.257 e. The van der Waals surface area contributed by atoms with Crippen molar-refractivity contribution >= 4 is 11.8 Å². The molecule has 0 spiro atoms. The molecule has 0 bridgehead atoms. The van der Waals surface area contributed by atoms with E-state index in [1.807, 2.05) is 38.1 Å². The second-order valence-electron chi connectivity index (χ2n) is 6.94. The summed E-state index contributed by atoms with van der Waals surface area (Å²) in [5.74, 6) is 1.70. The molecule has 2 rings (SSSR count). The molecule has 0 aromatic heterocycles. The molecule has 0 heterocycles. The molecule has 0 radical (unpaired) electrons. The lowest BCUT2D eigenvalue weighted by atomic mass is 10.2. The Balaban J connectivity index is 1.60. The van der Waals surface area contributed by atoms with Gasteiger partial charge in [0.1, 0.15) is 0 Å². The van der Waals surface area contributed by atoms with E-state index < -0.39 is 0 Å². The van der Waals surface area contributed by atoms with Crippen molar-refractivity contribution in [3.63, 3.8) is 0 Å². The minimum atomic E-state index is -0.247. The molecule has 0 aliphatic carbocycles. The van der Waals surface area contributed by atoms with Crippen molar-refractivity contribution in [1.29, 1.82) is 0 Å². The fourth-order valence-electron chi connectivity index (χ4n) is 2.72. The van der Waals surface area contributed by atoms with Gasteiger partial charge in [-0.1, -0.05) is 12.1 Å². The molecule has 0 atom stereocenters. The van der Waals surface area contributed by atoms with Gasteiger partial charge in [0.15, 0.2) is 36.2 Å². The van der Waals surface area contributed by atoms with Gasteiger partial charge in [0.05, 0.1) is 14.2 Å². The van der Waals surface area contributed by atoms with Crippen molar-refractivity contribution in [3.8, 4) is 23.0 Å². The van der Waals surface area contributed by atoms with Crippen molar-refractivity contribution in [2.45, 2.75) is 20.3 Å². The summed E-state index contributed by atoms with van der Waals surface area (Å²) in [5, 5.41) is 5.50. The Morgan fingerprint density at radius 2 is 1.13 bits per heavy atom. The smallest absolute Gasteiger partial charge is 0.257 e. The Hall–Kier alpha value is -3.42. The molecule has 2 amide bonds. The summed E-state index contributed by atoms with van der Waals surface area (Å²) >= 11 is 0. The number of ether oxygens (including phenoxy) is 4. The zero-order valence-corrected chi connectivity index (χ0v) is 18.4. The summed E-state index contributed by atoms with van der Waals surface area (Å²) in [7, 11) is 3.11. The standard InChI is InChI=1S/C23H30N2O6/c1-16-6-8-18(20(12-16)28-3)30-14-22(26)24-10-5-11-25-23(27)15-31-19-9-7-17(2)13-21(19)29-4/h6-9,12-13H,5,10-11,14-15H2,1-4H3,(H,24,26)(H,25,27). The highest BCUT2D eigenvalue weighted by Gasteiger charge is 2.09. The van der Waals surface area contributed by atoms with Crippen LogP contribution in [0.3, 0.4) is 0 Å². The van der Waals surface area contributed by atoms with Crippen LogP contribution in [0.5, 0.6) is 23.0 Å². The highest BCUT2D eigenvalue weighted by atomic mass is 16.5. The molecule has 0 aliphatic heterocycles. The van der Waals surface area contributed by atoms with Crippen LogP contribution in [0.15, 0.2) is 36.4 Å². The van der Waals surface area contributed by atoms with Crippen molar-refractivity contribution < 1.29 is 28.5 Å². The lowest BCUT2D eigenvalue weighted by Crippen LogP contribution is -2.34. The molecule has 8 heteroatoms. The molecular weight excluding hydrogens is 400 g/mol. The van der Waals surface area contributed by atoms with Gasteiger partial charge in [0.25, 0.3) is 11.8 Å². The van der Waals surface area contributed by atoms with Gasteiger partial charge in [-0.3, -0.25) is 9.59 Å². The van der Waals surface area contributed by atoms with Crippen molar-refractivity contribution in [1.82, 2.24) is 10.6 Å². The number of aryl methyl sites for hydroxylation is 2. The second-order valence-corrected chi connectivity index (χ2v) is 6.94. The van der Waals surface area contributed by atoms with Crippen molar-refractivity contribution in [3.05, 3.63) is 47.5 Å². The van der Waals surface area contributed by atoms with Gasteiger partial charge in [-0.15, -0.1) is 0 Å². The minimum Gasteiger partial charge on any atom is -0.493 e. The van der Waals surface area contributed by atoms with Crippen LogP contribution >= 0.6 is 0 Å². The Bertz CT molecular complexity index is 813. The number of carbonyl (C=O) groups excluding carboxylic acids is 2. The average Bonchev–Trinajstić information content (AvgIpc) is 2.76. The maximum absolute atomic E-state index is 11.9. The molecule has 2 aromatic carbocycles. The average molecular weight is 431 g/mol. The number of benzene rings is 2. The third-order valence-corrected chi connectivity index (χ3v) is 4.35. The van der Waals surface area contributed by atoms with Gasteiger partial charge < -0.3 is 29.6 Å². The van der Waals surface area contributed by atoms with E-state index in [0.29, 0.717) is 42.5 Å². The largest absolute Gasteiger partial charge is 0.493 e. The van der Waals surface area contributed by atoms with E-state index in [4.69, 9.17) is 18.9 Å². The lowest BCUT2D eigenvalue weighted by molar-refractivity contribution is -0.123. The van der Waals surface area contributed by atoms with Crippen LogP contribution in [0.2, 0.25) is 0 Å². The molecule has 0 unspecified atom stereocenters. The third-order valence-electron chi connectivity index (χ3n) is 4.35. The number of hydrogen-bond acceptors (Lipinski definition) is 6. The van der Waals surface area contributed by atoms with E-state index in [1.165, 1.54) is 0 Å². The number of hydrogen-bond donors (Lipinski definition) is 2. The maximum atomic E-state index is 11.9. The molecule has 0 fully saturated rings. The van der Waals surface area contributed by atoms with E-state index >= 15 is 0 Å². The van der Waals surface area contributed by atoms with E-state index in [1.54, 1.807) is 26.4 Å². The number of amides is 2. The highest BCUT2D eigenvalue weighted by Crippen LogP contribution is 2.28. The Morgan fingerprint density at radius 1 is 0.710 bits per heavy atom. The lowest BCUT2D eigenvalue weighted by Gasteiger charge is -2.12. The molecule has 0 saturated heterocycles. The zero-order valence-electron chi connectivity index (χ0n) is 18.4. The molecule has 2 N–H and O–H groups in total. The zero-order chi connectivity index (χ0) is 22.6. The van der Waals surface area contributed by atoms with Crippen molar-refractivity contribution in [2.24, 2.45) is 0 Å². The number of carbonyl (C=O) groups is 2. The Kier molecular flexibility index (Phi) is 9.48. The second kappa shape index (κ2) is 12.3. The number of nitrogens with one attached hydrogen (secondary N) is 2. The predicted molar refractivity (Wildman–Crippen MR) is 117 cm³/mol. The first-order valence-electron chi connectivity index (χ1n) is 10.0. The fraction of sp³-hybridized carbons (Fsp3) is 0.391. The first-order valence-corrected chi connectivity index (χ1v) is 10.0. The Labute approximate surface area is 182 Å². The van der Waals surface area contributed by atoms with Crippen LogP contribution in [0, 0.1) is 13.8 Å². The first kappa shape index (κ1) is 23.9. The molecule has 0 aliphatic rings. The Morgan fingerprint density at radius 3 is 1.52 bits per heavy atom. The summed E-state index contributed by atoms with van der Waals surface area (Å²) in [4.78, 5) is 23.9. The van der Waals surface area contributed by atoms with E-state index in [2.05, 4.69) is 10.6 Å². The van der Waals surface area contributed by atoms with Crippen LogP contribution in [-0.4, -0.2) is 52.3 Å². The van der Waals surface area contributed by atoms with E-state index in [9.17, 15) is 9.59 Å². The summed E-state index contributed by atoms with van der Waals surface area (Å²) in [6.45, 7) is 4.50. The van der Waals surface area contributed by atoms with E-state index in [-0.39, 0.29) is 25.0 Å². The normalized spacial score (nSPS) is 10.2. The van der Waals surface area contributed by atoms with Gasteiger partial charge >= 0.3 is 0 Å². The highest BCUT2D eigenvalue weighted by molar-refractivity contribution is 5.78. The molecular formula is C23H30N2O6. The van der Waals surface area contributed by atoms with Gasteiger partial charge in [-0.2, -0.15) is 0 Å². The van der Waals surface area contributed by atoms with Crippen LogP contribution in [0.4, 0.5) is 0 Å². The monoisotopic (exact) mass is 430 g/mol. The third kappa shape index (κ3) is 8.08. The number of methoxy groups -OCH3 is 2.